The maximum atomic E-state index is 10.4. The van der Waals surface area contributed by atoms with E-state index in [2.05, 4.69) is 4.98 Å². The third-order valence-electron chi connectivity index (χ3n) is 1.35. The molecule has 1 aromatic heterocycles. The highest BCUT2D eigenvalue weighted by molar-refractivity contribution is 5.92. The molecular formula is C10H16N2O2. The van der Waals surface area contributed by atoms with Gasteiger partial charge in [0.25, 0.3) is 0 Å². The van der Waals surface area contributed by atoms with Gasteiger partial charge in [-0.3, -0.25) is 9.78 Å². The molecule has 0 radical (unpaired) electrons. The molecule has 0 bridgehead atoms. The van der Waals surface area contributed by atoms with Gasteiger partial charge in [0, 0.05) is 25.6 Å². The number of carbonyl (C=O) groups is 1. The molecule has 0 saturated carbocycles. The third-order valence-corrected chi connectivity index (χ3v) is 1.35. The van der Waals surface area contributed by atoms with Gasteiger partial charge in [-0.15, -0.1) is 0 Å². The molecule has 0 atom stereocenters. The summed E-state index contributed by atoms with van der Waals surface area (Å²) in [4.78, 5) is 14.1. The summed E-state index contributed by atoms with van der Waals surface area (Å²) < 4.78 is 4.83. The maximum Gasteiger partial charge on any atom is 0.250 e. The highest BCUT2D eigenvalue weighted by Crippen LogP contribution is 1.91. The van der Waals surface area contributed by atoms with Crippen LogP contribution in [0.15, 0.2) is 24.5 Å². The number of pyridine rings is 1. The van der Waals surface area contributed by atoms with E-state index in [0.717, 1.165) is 13.2 Å². The Labute approximate surface area is 84.1 Å². The Balaban J connectivity index is 0.000000292. The van der Waals surface area contributed by atoms with Gasteiger partial charge >= 0.3 is 0 Å². The number of amides is 1. The van der Waals surface area contributed by atoms with Gasteiger partial charge in [-0.2, -0.15) is 0 Å². The van der Waals surface area contributed by atoms with E-state index in [1.807, 2.05) is 13.8 Å². The molecule has 78 valence electrons. The van der Waals surface area contributed by atoms with Crippen molar-refractivity contribution in [3.8, 4) is 0 Å². The minimum atomic E-state index is -0.442. The van der Waals surface area contributed by atoms with Crippen molar-refractivity contribution in [3.63, 3.8) is 0 Å². The van der Waals surface area contributed by atoms with Gasteiger partial charge in [-0.1, -0.05) is 0 Å². The molecule has 1 rings (SSSR count). The minimum Gasteiger partial charge on any atom is -0.382 e. The van der Waals surface area contributed by atoms with Gasteiger partial charge in [0.05, 0.1) is 5.56 Å². The zero-order valence-corrected chi connectivity index (χ0v) is 8.56. The molecular weight excluding hydrogens is 180 g/mol. The van der Waals surface area contributed by atoms with Crippen LogP contribution in [0.2, 0.25) is 0 Å². The van der Waals surface area contributed by atoms with Gasteiger partial charge in [0.15, 0.2) is 0 Å². The second-order valence-electron chi connectivity index (χ2n) is 2.39. The number of nitrogens with zero attached hydrogens (tertiary/aromatic N) is 1. The van der Waals surface area contributed by atoms with Crippen molar-refractivity contribution in [1.82, 2.24) is 4.98 Å². The molecule has 0 aliphatic rings. The molecule has 1 heterocycles. The summed E-state index contributed by atoms with van der Waals surface area (Å²) in [5, 5.41) is 0. The Bertz CT molecular complexity index is 248. The number of aromatic nitrogens is 1. The van der Waals surface area contributed by atoms with Crippen LogP contribution in [0.1, 0.15) is 24.2 Å². The van der Waals surface area contributed by atoms with Crippen molar-refractivity contribution in [3.05, 3.63) is 30.1 Å². The molecule has 4 nitrogen and oxygen atoms in total. The number of carbonyl (C=O) groups excluding carboxylic acids is 1. The lowest BCUT2D eigenvalue weighted by molar-refractivity contribution is 0.1000. The Hall–Kier alpha value is -1.42. The third kappa shape index (κ3) is 6.14. The normalized spacial score (nSPS) is 8.71. The number of hydrogen-bond donors (Lipinski definition) is 1. The second kappa shape index (κ2) is 8.19. The molecule has 0 aliphatic heterocycles. The highest BCUT2D eigenvalue weighted by Gasteiger charge is 1.94. The zero-order chi connectivity index (χ0) is 10.8. The molecule has 2 N–H and O–H groups in total. The van der Waals surface area contributed by atoms with Crippen molar-refractivity contribution >= 4 is 5.91 Å². The van der Waals surface area contributed by atoms with E-state index in [1.54, 1.807) is 18.3 Å². The largest absolute Gasteiger partial charge is 0.382 e. The molecule has 0 aliphatic carbocycles. The first-order valence-corrected chi connectivity index (χ1v) is 4.49. The lowest BCUT2D eigenvalue weighted by atomic mass is 10.3. The van der Waals surface area contributed by atoms with Crippen LogP contribution in [-0.4, -0.2) is 24.1 Å². The lowest BCUT2D eigenvalue weighted by Gasteiger charge is -1.88. The van der Waals surface area contributed by atoms with Gasteiger partial charge in [0.2, 0.25) is 5.91 Å². The summed E-state index contributed by atoms with van der Waals surface area (Å²) in [5.74, 6) is -0.442. The Morgan fingerprint density at radius 1 is 1.50 bits per heavy atom. The van der Waals surface area contributed by atoms with Gasteiger partial charge in [-0.25, -0.2) is 0 Å². The van der Waals surface area contributed by atoms with E-state index in [-0.39, 0.29) is 0 Å². The Kier molecular flexibility index (Phi) is 7.36. The van der Waals surface area contributed by atoms with Crippen LogP contribution in [0.25, 0.3) is 0 Å². The van der Waals surface area contributed by atoms with E-state index < -0.39 is 5.91 Å². The predicted molar refractivity (Wildman–Crippen MR) is 54.9 cm³/mol. The van der Waals surface area contributed by atoms with Crippen LogP contribution in [0.4, 0.5) is 0 Å². The molecule has 0 aromatic carbocycles. The predicted octanol–water partition coefficient (Wildman–Crippen LogP) is 1.22. The van der Waals surface area contributed by atoms with Crippen LogP contribution >= 0.6 is 0 Å². The molecule has 0 unspecified atom stereocenters. The highest BCUT2D eigenvalue weighted by atomic mass is 16.5. The summed E-state index contributed by atoms with van der Waals surface area (Å²) >= 11 is 0. The van der Waals surface area contributed by atoms with E-state index in [4.69, 9.17) is 10.5 Å². The average molecular weight is 196 g/mol. The standard InChI is InChI=1S/C6H6N2O.C4H10O/c7-6(9)5-2-1-3-8-4-5;1-3-5-4-2/h1-4H,(H2,7,9);3-4H2,1-2H3. The van der Waals surface area contributed by atoms with Gasteiger partial charge in [-0.05, 0) is 26.0 Å². The topological polar surface area (TPSA) is 65.2 Å². The molecule has 0 fully saturated rings. The maximum absolute atomic E-state index is 10.4. The fourth-order valence-electron chi connectivity index (χ4n) is 0.713. The lowest BCUT2D eigenvalue weighted by Crippen LogP contribution is -2.10. The van der Waals surface area contributed by atoms with Crippen LogP contribution in [0, 0.1) is 0 Å². The number of hydrogen-bond acceptors (Lipinski definition) is 3. The Morgan fingerprint density at radius 3 is 2.36 bits per heavy atom. The van der Waals surface area contributed by atoms with E-state index in [0.29, 0.717) is 5.56 Å². The number of ether oxygens (including phenoxy) is 1. The van der Waals surface area contributed by atoms with E-state index in [1.165, 1.54) is 6.20 Å². The summed E-state index contributed by atoms with van der Waals surface area (Å²) in [7, 11) is 0. The van der Waals surface area contributed by atoms with E-state index in [9.17, 15) is 4.79 Å². The van der Waals surface area contributed by atoms with Gasteiger partial charge < -0.3 is 10.5 Å². The Morgan fingerprint density at radius 2 is 2.14 bits per heavy atom. The average Bonchev–Trinajstić information content (AvgIpc) is 2.21. The second-order valence-corrected chi connectivity index (χ2v) is 2.39. The smallest absolute Gasteiger partial charge is 0.250 e. The van der Waals surface area contributed by atoms with Crippen molar-refractivity contribution in [2.45, 2.75) is 13.8 Å². The van der Waals surface area contributed by atoms with Crippen molar-refractivity contribution < 1.29 is 9.53 Å². The van der Waals surface area contributed by atoms with Crippen molar-refractivity contribution in [2.75, 3.05) is 13.2 Å². The van der Waals surface area contributed by atoms with Crippen LogP contribution in [0.3, 0.4) is 0 Å². The summed E-state index contributed by atoms with van der Waals surface area (Å²) in [5.41, 5.74) is 5.38. The molecule has 4 heteroatoms. The van der Waals surface area contributed by atoms with Crippen LogP contribution < -0.4 is 5.73 Å². The number of nitrogens with two attached hydrogens (primary N) is 1. The zero-order valence-electron chi connectivity index (χ0n) is 8.56. The molecule has 1 amide bonds. The monoisotopic (exact) mass is 196 g/mol. The SMILES string of the molecule is CCOCC.NC(=O)c1cccnc1. The summed E-state index contributed by atoms with van der Waals surface area (Å²) in [6.07, 6.45) is 3.02. The van der Waals surface area contributed by atoms with Crippen LogP contribution in [-0.2, 0) is 4.74 Å². The molecule has 1 aromatic rings. The summed E-state index contributed by atoms with van der Waals surface area (Å²) in [6.45, 7) is 5.67. The fourth-order valence-corrected chi connectivity index (χ4v) is 0.713. The molecule has 14 heavy (non-hydrogen) atoms. The van der Waals surface area contributed by atoms with E-state index >= 15 is 0 Å². The van der Waals surface area contributed by atoms with Gasteiger partial charge in [0.1, 0.15) is 0 Å². The minimum absolute atomic E-state index is 0.442. The first-order chi connectivity index (χ1) is 6.72. The number of rotatable bonds is 3. The molecule has 0 spiro atoms. The fraction of sp³-hybridized carbons (Fsp3) is 0.400. The quantitative estimate of drug-likeness (QED) is 0.790. The number of primary amides is 1. The summed E-state index contributed by atoms with van der Waals surface area (Å²) in [6, 6.07) is 3.29. The van der Waals surface area contributed by atoms with Crippen LogP contribution in [0.5, 0.6) is 0 Å². The van der Waals surface area contributed by atoms with Crippen molar-refractivity contribution in [1.29, 1.82) is 0 Å². The first kappa shape index (κ1) is 12.6. The van der Waals surface area contributed by atoms with Crippen molar-refractivity contribution in [2.24, 2.45) is 5.73 Å². The first-order valence-electron chi connectivity index (χ1n) is 4.49. The molecule has 0 saturated heterocycles.